The van der Waals surface area contributed by atoms with Gasteiger partial charge in [-0.15, -0.1) is 0 Å². The lowest BCUT2D eigenvalue weighted by Crippen LogP contribution is -2.00. The van der Waals surface area contributed by atoms with Crippen LogP contribution >= 0.6 is 0 Å². The van der Waals surface area contributed by atoms with Gasteiger partial charge in [0.15, 0.2) is 0 Å². The first-order chi connectivity index (χ1) is 5.83. The van der Waals surface area contributed by atoms with Crippen molar-refractivity contribution in [2.24, 2.45) is 5.16 Å². The van der Waals surface area contributed by atoms with Crippen molar-refractivity contribution in [1.82, 2.24) is 0 Å². The standard InChI is InChI=1S/C9H13NO2/c1-8(10-11-2)12-9-6-4-3-5-7-9/h4,6-7H,3,5H2,1-2H3/b10-8+. The van der Waals surface area contributed by atoms with Crippen molar-refractivity contribution in [3.8, 4) is 0 Å². The SMILES string of the molecule is CO/N=C(\C)OC1=CCCC=C1. The lowest BCUT2D eigenvalue weighted by atomic mass is 10.2. The highest BCUT2D eigenvalue weighted by Crippen LogP contribution is 2.10. The lowest BCUT2D eigenvalue weighted by Gasteiger charge is -2.07. The van der Waals surface area contributed by atoms with Crippen LogP contribution in [0, 0.1) is 0 Å². The molecule has 0 saturated heterocycles. The van der Waals surface area contributed by atoms with Gasteiger partial charge in [-0.3, -0.25) is 0 Å². The van der Waals surface area contributed by atoms with Crippen LogP contribution in [0.2, 0.25) is 0 Å². The van der Waals surface area contributed by atoms with E-state index in [1.54, 1.807) is 6.92 Å². The van der Waals surface area contributed by atoms with E-state index in [0.29, 0.717) is 5.90 Å². The molecule has 1 aliphatic carbocycles. The van der Waals surface area contributed by atoms with Gasteiger partial charge in [-0.1, -0.05) is 11.2 Å². The van der Waals surface area contributed by atoms with Gasteiger partial charge >= 0.3 is 0 Å². The summed E-state index contributed by atoms with van der Waals surface area (Å²) in [6.45, 7) is 1.76. The molecule has 0 amide bonds. The quantitative estimate of drug-likeness (QED) is 0.358. The predicted octanol–water partition coefficient (Wildman–Crippen LogP) is 2.22. The first-order valence-corrected chi connectivity index (χ1v) is 3.95. The number of allylic oxidation sites excluding steroid dienone is 3. The van der Waals surface area contributed by atoms with Gasteiger partial charge in [-0.25, -0.2) is 0 Å². The summed E-state index contributed by atoms with van der Waals surface area (Å²) in [6.07, 6.45) is 8.18. The first kappa shape index (κ1) is 8.84. The van der Waals surface area contributed by atoms with Crippen LogP contribution in [0.5, 0.6) is 0 Å². The Bertz CT molecular complexity index is 229. The van der Waals surface area contributed by atoms with E-state index in [0.717, 1.165) is 18.6 Å². The fraction of sp³-hybridized carbons (Fsp3) is 0.444. The molecule has 0 spiro atoms. The third-order valence-corrected chi connectivity index (χ3v) is 1.45. The number of rotatable bonds is 2. The average molecular weight is 167 g/mol. The highest BCUT2D eigenvalue weighted by molar-refractivity contribution is 5.73. The topological polar surface area (TPSA) is 30.8 Å². The molecule has 0 N–H and O–H groups in total. The molecule has 0 radical (unpaired) electrons. The molecule has 12 heavy (non-hydrogen) atoms. The van der Waals surface area contributed by atoms with Gasteiger partial charge in [0, 0.05) is 6.92 Å². The van der Waals surface area contributed by atoms with E-state index in [1.165, 1.54) is 7.11 Å². The first-order valence-electron chi connectivity index (χ1n) is 3.95. The third-order valence-electron chi connectivity index (χ3n) is 1.45. The van der Waals surface area contributed by atoms with Gasteiger partial charge in [0.25, 0.3) is 0 Å². The number of hydrogen-bond acceptors (Lipinski definition) is 3. The molecule has 1 rings (SSSR count). The van der Waals surface area contributed by atoms with E-state index in [-0.39, 0.29) is 0 Å². The van der Waals surface area contributed by atoms with E-state index < -0.39 is 0 Å². The van der Waals surface area contributed by atoms with Crippen molar-refractivity contribution in [2.75, 3.05) is 7.11 Å². The summed E-state index contributed by atoms with van der Waals surface area (Å²) in [5.74, 6) is 1.37. The molecule has 0 fully saturated rings. The molecule has 1 aliphatic rings. The zero-order valence-electron chi connectivity index (χ0n) is 7.41. The predicted molar refractivity (Wildman–Crippen MR) is 47.7 cm³/mol. The lowest BCUT2D eigenvalue weighted by molar-refractivity contribution is 0.200. The summed E-state index contributed by atoms with van der Waals surface area (Å²) in [5.41, 5.74) is 0. The average Bonchev–Trinajstić information content (AvgIpc) is 2.06. The highest BCUT2D eigenvalue weighted by atomic mass is 16.6. The van der Waals surface area contributed by atoms with Crippen molar-refractivity contribution in [3.63, 3.8) is 0 Å². The van der Waals surface area contributed by atoms with Crippen LogP contribution in [0.15, 0.2) is 29.1 Å². The minimum atomic E-state index is 0.523. The maximum Gasteiger partial charge on any atom is 0.228 e. The molecular formula is C9H13NO2. The number of nitrogens with zero attached hydrogens (tertiary/aromatic N) is 1. The van der Waals surface area contributed by atoms with Gasteiger partial charge in [0.2, 0.25) is 5.90 Å². The molecule has 0 saturated carbocycles. The van der Waals surface area contributed by atoms with Crippen LogP contribution in [0.4, 0.5) is 0 Å². The molecule has 3 heteroatoms. The second kappa shape index (κ2) is 4.59. The second-order valence-corrected chi connectivity index (χ2v) is 2.48. The Balaban J connectivity index is 2.45. The molecule has 3 nitrogen and oxygen atoms in total. The minimum absolute atomic E-state index is 0.523. The van der Waals surface area contributed by atoms with Crippen molar-refractivity contribution in [3.05, 3.63) is 24.0 Å². The van der Waals surface area contributed by atoms with E-state index in [9.17, 15) is 0 Å². The Kier molecular flexibility index (Phi) is 3.38. The molecule has 0 aromatic rings. The molecule has 0 aromatic heterocycles. The molecule has 0 aliphatic heterocycles. The normalized spacial score (nSPS) is 17.2. The molecule has 0 heterocycles. The van der Waals surface area contributed by atoms with Crippen LogP contribution in [-0.4, -0.2) is 13.0 Å². The number of oxime groups is 1. The summed E-state index contributed by atoms with van der Waals surface area (Å²) < 4.78 is 5.33. The van der Waals surface area contributed by atoms with Crippen LogP contribution in [-0.2, 0) is 9.57 Å². The fourth-order valence-electron chi connectivity index (χ4n) is 0.983. The smallest absolute Gasteiger partial charge is 0.228 e. The summed E-state index contributed by atoms with van der Waals surface area (Å²) in [7, 11) is 1.50. The molecule has 0 unspecified atom stereocenters. The van der Waals surface area contributed by atoms with Crippen molar-refractivity contribution in [2.45, 2.75) is 19.8 Å². The third kappa shape index (κ3) is 2.78. The molecule has 0 atom stereocenters. The Morgan fingerprint density at radius 1 is 1.50 bits per heavy atom. The van der Waals surface area contributed by atoms with E-state index in [2.05, 4.69) is 16.1 Å². The van der Waals surface area contributed by atoms with Crippen LogP contribution < -0.4 is 0 Å². The number of ether oxygens (including phenoxy) is 1. The number of hydrogen-bond donors (Lipinski definition) is 0. The zero-order valence-corrected chi connectivity index (χ0v) is 7.41. The van der Waals surface area contributed by atoms with Gasteiger partial charge < -0.3 is 9.57 Å². The van der Waals surface area contributed by atoms with Gasteiger partial charge in [0.1, 0.15) is 12.9 Å². The highest BCUT2D eigenvalue weighted by Gasteiger charge is 1.99. The summed E-state index contributed by atoms with van der Waals surface area (Å²) in [5, 5.41) is 3.64. The molecule has 0 aromatic carbocycles. The Hall–Kier alpha value is -1.25. The van der Waals surface area contributed by atoms with E-state index in [4.69, 9.17) is 4.74 Å². The van der Waals surface area contributed by atoms with Crippen LogP contribution in [0.25, 0.3) is 0 Å². The summed E-state index contributed by atoms with van der Waals surface area (Å²) in [6, 6.07) is 0. The maximum atomic E-state index is 5.33. The van der Waals surface area contributed by atoms with Crippen molar-refractivity contribution in [1.29, 1.82) is 0 Å². The van der Waals surface area contributed by atoms with Crippen molar-refractivity contribution < 1.29 is 9.57 Å². The monoisotopic (exact) mass is 167 g/mol. The van der Waals surface area contributed by atoms with Crippen molar-refractivity contribution >= 4 is 5.90 Å². The fourth-order valence-corrected chi connectivity index (χ4v) is 0.983. The largest absolute Gasteiger partial charge is 0.440 e. The zero-order chi connectivity index (χ0) is 8.81. The van der Waals surface area contributed by atoms with Gasteiger partial charge in [0.05, 0.1) is 0 Å². The second-order valence-electron chi connectivity index (χ2n) is 2.48. The summed E-state index contributed by atoms with van der Waals surface area (Å²) in [4.78, 5) is 4.56. The minimum Gasteiger partial charge on any atom is -0.440 e. The van der Waals surface area contributed by atoms with E-state index >= 15 is 0 Å². The molecular weight excluding hydrogens is 154 g/mol. The summed E-state index contributed by atoms with van der Waals surface area (Å²) >= 11 is 0. The van der Waals surface area contributed by atoms with Gasteiger partial charge in [-0.05, 0) is 25.0 Å². The molecule has 0 bridgehead atoms. The van der Waals surface area contributed by atoms with Gasteiger partial charge in [-0.2, -0.15) is 0 Å². The van der Waals surface area contributed by atoms with Crippen LogP contribution in [0.3, 0.4) is 0 Å². The molecule has 66 valence electrons. The maximum absolute atomic E-state index is 5.33. The van der Waals surface area contributed by atoms with E-state index in [1.807, 2.05) is 12.2 Å². The Morgan fingerprint density at radius 2 is 2.33 bits per heavy atom. The Labute approximate surface area is 72.4 Å². The van der Waals surface area contributed by atoms with Crippen LogP contribution in [0.1, 0.15) is 19.8 Å². The Morgan fingerprint density at radius 3 is 2.92 bits per heavy atom.